The molecular weight excluding hydrogens is 635 g/mol. The maximum Gasteiger partial charge on any atom is 0.152 e. The van der Waals surface area contributed by atoms with Crippen LogP contribution in [0.3, 0.4) is 0 Å². The topological polar surface area (TPSA) is 24.0 Å². The molecule has 0 unspecified atom stereocenters. The minimum Gasteiger partial charge on any atom is -0.453 e. The third kappa shape index (κ3) is 3.65. The van der Waals surface area contributed by atoms with Gasteiger partial charge in [-0.05, 0) is 72.3 Å². The summed E-state index contributed by atoms with van der Waals surface area (Å²) < 4.78 is 13.8. The number of aromatic nitrogens is 3. The quantitative estimate of drug-likeness (QED) is 0.185. The standard InChI is InChI=1S/C48H29N3O/c1-5-20-40-34(14-1)35-15-2-6-21-41(35)50(40)32-26-27-44-39(29-32)37-17-4-7-22-42(37)49(44)31-13-9-12-30(28-31)33-18-10-24-45-47(33)51-43-23-8-3-16-36(43)38-19-11-25-46(52-45)48(38)51/h1-29H. The Morgan fingerprint density at radius 3 is 1.52 bits per heavy atom. The lowest BCUT2D eigenvalue weighted by molar-refractivity contribution is 0.477. The fraction of sp³-hybridized carbons (Fsp3) is 0. The molecule has 4 nitrogen and oxygen atoms in total. The largest absolute Gasteiger partial charge is 0.453 e. The van der Waals surface area contributed by atoms with Crippen LogP contribution in [0, 0.1) is 0 Å². The predicted molar refractivity (Wildman–Crippen MR) is 215 cm³/mol. The van der Waals surface area contributed by atoms with Crippen LogP contribution in [0.5, 0.6) is 11.5 Å². The van der Waals surface area contributed by atoms with Crippen LogP contribution in [0.15, 0.2) is 176 Å². The Bertz CT molecular complexity index is 3230. The SMILES string of the molecule is c1cc(-c2cccc3c2-n2c4ccccc4c4cccc(c42)O3)cc(-n2c3ccccc3c3cc(-n4c5ccccc5c5ccccc54)ccc32)c1. The minimum absolute atomic E-state index is 0.860. The van der Waals surface area contributed by atoms with Gasteiger partial charge in [0.2, 0.25) is 0 Å². The molecular formula is C48H29N3O. The van der Waals surface area contributed by atoms with Crippen molar-refractivity contribution in [2.45, 2.75) is 0 Å². The van der Waals surface area contributed by atoms with Crippen molar-refractivity contribution in [2.75, 3.05) is 0 Å². The fourth-order valence-corrected chi connectivity index (χ4v) is 8.88. The van der Waals surface area contributed by atoms with Crippen molar-refractivity contribution in [3.05, 3.63) is 176 Å². The summed E-state index contributed by atoms with van der Waals surface area (Å²) in [6, 6.07) is 63.5. The highest BCUT2D eigenvalue weighted by atomic mass is 16.5. The summed E-state index contributed by atoms with van der Waals surface area (Å²) in [7, 11) is 0. The van der Waals surface area contributed by atoms with E-state index in [2.05, 4.69) is 190 Å². The Morgan fingerprint density at radius 1 is 0.327 bits per heavy atom. The summed E-state index contributed by atoms with van der Waals surface area (Å²) in [5.41, 5.74) is 12.7. The van der Waals surface area contributed by atoms with Crippen LogP contribution in [0.2, 0.25) is 0 Å². The molecule has 4 heteroatoms. The first-order chi connectivity index (χ1) is 25.8. The molecule has 0 bridgehead atoms. The molecule has 11 aromatic rings. The number of ether oxygens (including phenoxy) is 1. The Kier molecular flexibility index (Phi) is 5.47. The third-order valence-corrected chi connectivity index (χ3v) is 11.0. The van der Waals surface area contributed by atoms with Crippen molar-refractivity contribution in [3.8, 4) is 39.7 Å². The molecule has 0 saturated heterocycles. The van der Waals surface area contributed by atoms with E-state index in [1.54, 1.807) is 0 Å². The maximum absolute atomic E-state index is 6.63. The third-order valence-electron chi connectivity index (χ3n) is 11.0. The van der Waals surface area contributed by atoms with E-state index in [1.807, 2.05) is 0 Å². The molecule has 0 N–H and O–H groups in total. The van der Waals surface area contributed by atoms with Gasteiger partial charge in [0, 0.05) is 49.3 Å². The number of rotatable bonds is 3. The predicted octanol–water partition coefficient (Wildman–Crippen LogP) is 12.8. The molecule has 0 radical (unpaired) electrons. The van der Waals surface area contributed by atoms with Crippen LogP contribution >= 0.6 is 0 Å². The van der Waals surface area contributed by atoms with Crippen molar-refractivity contribution in [1.82, 2.24) is 13.7 Å². The summed E-state index contributed by atoms with van der Waals surface area (Å²) in [5, 5.41) is 7.42. The molecule has 1 aliphatic rings. The highest BCUT2D eigenvalue weighted by Gasteiger charge is 2.26. The Hall–Kier alpha value is -7.04. The summed E-state index contributed by atoms with van der Waals surface area (Å²) in [6.07, 6.45) is 0. The number of benzene rings is 8. The monoisotopic (exact) mass is 663 g/mol. The molecule has 0 amide bonds. The smallest absolute Gasteiger partial charge is 0.152 e. The van der Waals surface area contributed by atoms with E-state index in [0.29, 0.717) is 0 Å². The van der Waals surface area contributed by atoms with Gasteiger partial charge in [0.05, 0.1) is 38.8 Å². The van der Waals surface area contributed by atoms with Gasteiger partial charge in [0.25, 0.3) is 0 Å². The Labute approximate surface area is 298 Å². The number of nitrogens with zero attached hydrogens (tertiary/aromatic N) is 3. The van der Waals surface area contributed by atoms with Crippen molar-refractivity contribution >= 4 is 65.4 Å². The average Bonchev–Trinajstić information content (AvgIpc) is 3.84. The van der Waals surface area contributed by atoms with Crippen LogP contribution < -0.4 is 4.74 Å². The number of hydrogen-bond donors (Lipinski definition) is 0. The normalized spacial score (nSPS) is 12.4. The van der Waals surface area contributed by atoms with E-state index in [0.717, 1.165) is 45.2 Å². The van der Waals surface area contributed by atoms with Crippen molar-refractivity contribution < 1.29 is 4.74 Å². The summed E-state index contributed by atoms with van der Waals surface area (Å²) >= 11 is 0. The van der Waals surface area contributed by atoms with Crippen LogP contribution in [-0.4, -0.2) is 13.7 Å². The Balaban J connectivity index is 1.07. The first kappa shape index (κ1) is 27.7. The van der Waals surface area contributed by atoms with Gasteiger partial charge < -0.3 is 18.4 Å². The van der Waals surface area contributed by atoms with Crippen molar-refractivity contribution in [3.63, 3.8) is 0 Å². The molecule has 0 aliphatic carbocycles. The lowest BCUT2D eigenvalue weighted by Gasteiger charge is -2.24. The van der Waals surface area contributed by atoms with Gasteiger partial charge in [0.15, 0.2) is 11.5 Å². The van der Waals surface area contributed by atoms with Crippen LogP contribution in [0.25, 0.3) is 93.6 Å². The van der Waals surface area contributed by atoms with Gasteiger partial charge in [-0.25, -0.2) is 0 Å². The van der Waals surface area contributed by atoms with Crippen molar-refractivity contribution in [1.29, 1.82) is 0 Å². The molecule has 0 spiro atoms. The van der Waals surface area contributed by atoms with E-state index < -0.39 is 0 Å². The van der Waals surface area contributed by atoms with Gasteiger partial charge in [0.1, 0.15) is 0 Å². The lowest BCUT2D eigenvalue weighted by Crippen LogP contribution is -2.06. The van der Waals surface area contributed by atoms with E-state index in [9.17, 15) is 0 Å². The van der Waals surface area contributed by atoms with Gasteiger partial charge in [-0.15, -0.1) is 0 Å². The molecule has 0 saturated carbocycles. The summed E-state index contributed by atoms with van der Waals surface area (Å²) in [5.74, 6) is 1.75. The highest BCUT2D eigenvalue weighted by Crippen LogP contribution is 2.48. The van der Waals surface area contributed by atoms with Crippen LogP contribution in [-0.2, 0) is 0 Å². The second kappa shape index (κ2) is 10.3. The Morgan fingerprint density at radius 2 is 0.827 bits per heavy atom. The molecule has 8 aromatic carbocycles. The van der Waals surface area contributed by atoms with Crippen LogP contribution in [0.1, 0.15) is 0 Å². The zero-order valence-corrected chi connectivity index (χ0v) is 28.0. The average molecular weight is 664 g/mol. The number of fused-ring (bicyclic) bond motifs is 11. The molecule has 0 fully saturated rings. The zero-order chi connectivity index (χ0) is 33.9. The first-order valence-electron chi connectivity index (χ1n) is 17.8. The van der Waals surface area contributed by atoms with Crippen LogP contribution in [0.4, 0.5) is 0 Å². The first-order valence-corrected chi connectivity index (χ1v) is 17.8. The molecule has 4 heterocycles. The molecule has 0 atom stereocenters. The molecule has 3 aromatic heterocycles. The maximum atomic E-state index is 6.63. The van der Waals surface area contributed by atoms with E-state index in [1.165, 1.54) is 59.9 Å². The molecule has 242 valence electrons. The number of hydrogen-bond acceptors (Lipinski definition) is 1. The zero-order valence-electron chi connectivity index (χ0n) is 28.0. The van der Waals surface area contributed by atoms with E-state index in [4.69, 9.17) is 4.74 Å². The molecule has 1 aliphatic heterocycles. The molecule has 12 rings (SSSR count). The second-order valence-electron chi connectivity index (χ2n) is 13.7. The second-order valence-corrected chi connectivity index (χ2v) is 13.7. The van der Waals surface area contributed by atoms with Gasteiger partial charge in [-0.1, -0.05) is 109 Å². The highest BCUT2D eigenvalue weighted by molar-refractivity contribution is 6.14. The van der Waals surface area contributed by atoms with Crippen molar-refractivity contribution in [2.24, 2.45) is 0 Å². The number of para-hydroxylation sites is 6. The van der Waals surface area contributed by atoms with E-state index in [-0.39, 0.29) is 0 Å². The minimum atomic E-state index is 0.860. The van der Waals surface area contributed by atoms with Gasteiger partial charge in [-0.2, -0.15) is 0 Å². The fourth-order valence-electron chi connectivity index (χ4n) is 8.88. The van der Waals surface area contributed by atoms with Gasteiger partial charge in [-0.3, -0.25) is 0 Å². The van der Waals surface area contributed by atoms with E-state index >= 15 is 0 Å². The summed E-state index contributed by atoms with van der Waals surface area (Å²) in [6.45, 7) is 0. The lowest BCUT2D eigenvalue weighted by atomic mass is 10.0. The van der Waals surface area contributed by atoms with Gasteiger partial charge >= 0.3 is 0 Å². The molecule has 52 heavy (non-hydrogen) atoms. The summed E-state index contributed by atoms with van der Waals surface area (Å²) in [4.78, 5) is 0.